The van der Waals surface area contributed by atoms with E-state index in [4.69, 9.17) is 9.47 Å². The van der Waals surface area contributed by atoms with Gasteiger partial charge in [-0.05, 0) is 67.8 Å². The highest BCUT2D eigenvalue weighted by molar-refractivity contribution is 9.11. The van der Waals surface area contributed by atoms with Crippen molar-refractivity contribution in [1.82, 2.24) is 0 Å². The Morgan fingerprint density at radius 2 is 1.80 bits per heavy atom. The number of cyclic esters (lactones) is 1. The maximum absolute atomic E-state index is 12.0. The molecule has 0 spiro atoms. The van der Waals surface area contributed by atoms with Crippen LogP contribution in [0.1, 0.15) is 18.1 Å². The molecule has 3 rings (SSSR count). The molecule has 1 aliphatic rings. The largest absolute Gasteiger partial charge is 0.424 e. The monoisotopic (exact) mass is 463 g/mol. The van der Waals surface area contributed by atoms with Gasteiger partial charge >= 0.3 is 11.9 Å². The molecule has 0 unspecified atom stereocenters. The zero-order valence-corrected chi connectivity index (χ0v) is 16.1. The van der Waals surface area contributed by atoms with Crippen molar-refractivity contribution in [3.63, 3.8) is 0 Å². The summed E-state index contributed by atoms with van der Waals surface area (Å²) in [5, 5.41) is 0. The molecule has 25 heavy (non-hydrogen) atoms. The number of ether oxygens (including phenoxy) is 2. The van der Waals surface area contributed by atoms with Crippen LogP contribution in [0.15, 0.2) is 62.1 Å². The zero-order valence-electron chi connectivity index (χ0n) is 13.0. The van der Waals surface area contributed by atoms with Crippen molar-refractivity contribution < 1.29 is 19.1 Å². The van der Waals surface area contributed by atoms with Crippen LogP contribution in [-0.4, -0.2) is 17.8 Å². The summed E-state index contributed by atoms with van der Waals surface area (Å²) in [6, 6.07) is 12.6. The van der Waals surface area contributed by atoms with Crippen molar-refractivity contribution in [1.29, 1.82) is 0 Å². The summed E-state index contributed by atoms with van der Waals surface area (Å²) in [5.41, 5.74) is 1.62. The van der Waals surface area contributed by atoms with Crippen molar-refractivity contribution in [2.75, 3.05) is 0 Å². The minimum Gasteiger partial charge on any atom is -0.424 e. The van der Waals surface area contributed by atoms with Gasteiger partial charge in [0.15, 0.2) is 11.4 Å². The lowest BCUT2D eigenvalue weighted by molar-refractivity contribution is -0.132. The number of nitrogens with zero attached hydrogens (tertiary/aromatic N) is 1. The SMILES string of the molecule is CC(=O)Oc1c(Br)cc(C=C2N=C(c3ccccc3)OC2=O)cc1Br. The maximum Gasteiger partial charge on any atom is 0.363 e. The third-order valence-corrected chi connectivity index (χ3v) is 4.39. The Labute approximate surface area is 160 Å². The quantitative estimate of drug-likeness (QED) is 0.381. The fourth-order valence-electron chi connectivity index (χ4n) is 2.18. The Kier molecular flexibility index (Phi) is 5.15. The second-order valence-electron chi connectivity index (χ2n) is 5.11. The molecule has 0 amide bonds. The second-order valence-corrected chi connectivity index (χ2v) is 6.82. The lowest BCUT2D eigenvalue weighted by atomic mass is 10.2. The number of rotatable bonds is 3. The molecular formula is C18H11Br2NO4. The molecule has 2 aromatic rings. The first-order valence-corrected chi connectivity index (χ1v) is 8.78. The van der Waals surface area contributed by atoms with Crippen molar-refractivity contribution in [3.05, 3.63) is 68.2 Å². The number of benzene rings is 2. The first-order valence-electron chi connectivity index (χ1n) is 7.19. The standard InChI is InChI=1S/C18H11Br2NO4/c1-10(22)24-16-13(19)7-11(8-14(16)20)9-15-18(23)25-17(21-15)12-5-3-2-4-6-12/h2-9H,1H3. The Morgan fingerprint density at radius 3 is 2.40 bits per heavy atom. The van der Waals surface area contributed by atoms with E-state index in [1.807, 2.05) is 30.3 Å². The number of halogens is 2. The van der Waals surface area contributed by atoms with E-state index in [2.05, 4.69) is 36.9 Å². The van der Waals surface area contributed by atoms with Gasteiger partial charge in [-0.25, -0.2) is 9.79 Å². The minimum absolute atomic E-state index is 0.192. The highest BCUT2D eigenvalue weighted by Crippen LogP contribution is 2.35. The number of hydrogen-bond acceptors (Lipinski definition) is 5. The van der Waals surface area contributed by atoms with Gasteiger partial charge in [0.25, 0.3) is 0 Å². The van der Waals surface area contributed by atoms with Gasteiger partial charge in [0.05, 0.1) is 8.95 Å². The highest BCUT2D eigenvalue weighted by Gasteiger charge is 2.24. The molecular weight excluding hydrogens is 454 g/mol. The van der Waals surface area contributed by atoms with Gasteiger partial charge in [-0.2, -0.15) is 0 Å². The van der Waals surface area contributed by atoms with Crippen LogP contribution in [0.4, 0.5) is 0 Å². The molecule has 0 bridgehead atoms. The first-order chi connectivity index (χ1) is 11.9. The smallest absolute Gasteiger partial charge is 0.363 e. The Bertz CT molecular complexity index is 897. The van der Waals surface area contributed by atoms with E-state index in [0.717, 1.165) is 5.56 Å². The van der Waals surface area contributed by atoms with Crippen LogP contribution in [0, 0.1) is 0 Å². The molecule has 1 aliphatic heterocycles. The topological polar surface area (TPSA) is 65.0 Å². The highest BCUT2D eigenvalue weighted by atomic mass is 79.9. The average molecular weight is 465 g/mol. The normalized spacial score (nSPS) is 15.1. The predicted molar refractivity (Wildman–Crippen MR) is 100 cm³/mol. The third kappa shape index (κ3) is 4.05. The second kappa shape index (κ2) is 7.33. The van der Waals surface area contributed by atoms with Crippen LogP contribution < -0.4 is 4.74 Å². The molecule has 5 nitrogen and oxygen atoms in total. The lowest BCUT2D eigenvalue weighted by Gasteiger charge is -2.08. The van der Waals surface area contributed by atoms with Gasteiger partial charge in [-0.1, -0.05) is 18.2 Å². The molecule has 0 saturated heterocycles. The Morgan fingerprint density at radius 1 is 1.16 bits per heavy atom. The molecule has 126 valence electrons. The minimum atomic E-state index is -0.518. The molecule has 0 radical (unpaired) electrons. The number of carbonyl (C=O) groups excluding carboxylic acids is 2. The number of esters is 2. The third-order valence-electron chi connectivity index (χ3n) is 3.21. The number of aliphatic imine (C=N–C) groups is 1. The Balaban J connectivity index is 1.94. The van der Waals surface area contributed by atoms with Gasteiger partial charge < -0.3 is 9.47 Å². The van der Waals surface area contributed by atoms with Gasteiger partial charge in [-0.15, -0.1) is 0 Å². The summed E-state index contributed by atoms with van der Waals surface area (Å²) in [6.45, 7) is 1.32. The van der Waals surface area contributed by atoms with Crippen molar-refractivity contribution in [2.45, 2.75) is 6.92 Å². The van der Waals surface area contributed by atoms with Crippen LogP contribution in [0.25, 0.3) is 6.08 Å². The van der Waals surface area contributed by atoms with E-state index in [9.17, 15) is 9.59 Å². The molecule has 0 aliphatic carbocycles. The van der Waals surface area contributed by atoms with E-state index in [-0.39, 0.29) is 11.6 Å². The maximum atomic E-state index is 12.0. The summed E-state index contributed by atoms with van der Waals surface area (Å²) in [7, 11) is 0. The molecule has 1 heterocycles. The summed E-state index contributed by atoms with van der Waals surface area (Å²) < 4.78 is 11.5. The summed E-state index contributed by atoms with van der Waals surface area (Å²) in [5.74, 6) is -0.303. The van der Waals surface area contributed by atoms with E-state index in [0.29, 0.717) is 20.3 Å². The van der Waals surface area contributed by atoms with E-state index < -0.39 is 11.9 Å². The van der Waals surface area contributed by atoms with Gasteiger partial charge in [0.2, 0.25) is 5.90 Å². The van der Waals surface area contributed by atoms with E-state index in [1.165, 1.54) is 6.92 Å². The fraction of sp³-hybridized carbons (Fsp3) is 0.0556. The van der Waals surface area contributed by atoms with Crippen LogP contribution >= 0.6 is 31.9 Å². The molecule has 7 heteroatoms. The van der Waals surface area contributed by atoms with E-state index in [1.54, 1.807) is 18.2 Å². The molecule has 0 aromatic heterocycles. The van der Waals surface area contributed by atoms with Crippen LogP contribution in [-0.2, 0) is 14.3 Å². The fourth-order valence-corrected chi connectivity index (χ4v) is 3.56. The first kappa shape index (κ1) is 17.6. The van der Waals surface area contributed by atoms with Gasteiger partial charge in [0, 0.05) is 12.5 Å². The molecule has 0 atom stereocenters. The molecule has 2 aromatic carbocycles. The van der Waals surface area contributed by atoms with E-state index >= 15 is 0 Å². The predicted octanol–water partition coefficient (Wildman–Crippen LogP) is 4.48. The zero-order chi connectivity index (χ0) is 18.0. The Hall–Kier alpha value is -2.25. The molecule has 0 fully saturated rings. The van der Waals surface area contributed by atoms with Crippen LogP contribution in [0.5, 0.6) is 5.75 Å². The van der Waals surface area contributed by atoms with Crippen LogP contribution in [0.2, 0.25) is 0 Å². The molecule has 0 N–H and O–H groups in total. The van der Waals surface area contributed by atoms with Crippen molar-refractivity contribution in [3.8, 4) is 5.75 Å². The summed E-state index contributed by atoms with van der Waals surface area (Å²) in [6.07, 6.45) is 1.60. The summed E-state index contributed by atoms with van der Waals surface area (Å²) in [4.78, 5) is 27.4. The number of hydrogen-bond donors (Lipinski definition) is 0. The van der Waals surface area contributed by atoms with Crippen molar-refractivity contribution in [2.24, 2.45) is 4.99 Å². The van der Waals surface area contributed by atoms with Gasteiger partial charge in [-0.3, -0.25) is 4.79 Å². The lowest BCUT2D eigenvalue weighted by Crippen LogP contribution is -2.05. The molecule has 0 saturated carbocycles. The number of carbonyl (C=O) groups is 2. The van der Waals surface area contributed by atoms with Crippen LogP contribution in [0.3, 0.4) is 0 Å². The average Bonchev–Trinajstić information content (AvgIpc) is 2.92. The van der Waals surface area contributed by atoms with Crippen molar-refractivity contribution >= 4 is 55.8 Å². The van der Waals surface area contributed by atoms with Gasteiger partial charge in [0.1, 0.15) is 0 Å². The summed E-state index contributed by atoms with van der Waals surface area (Å²) >= 11 is 6.70.